The highest BCUT2D eigenvalue weighted by Crippen LogP contribution is 2.32. The zero-order valence-electron chi connectivity index (χ0n) is 9.34. The van der Waals surface area contributed by atoms with E-state index >= 15 is 0 Å². The van der Waals surface area contributed by atoms with Crippen molar-refractivity contribution in [2.75, 3.05) is 18.3 Å². The van der Waals surface area contributed by atoms with Gasteiger partial charge < -0.3 is 17.0 Å². The molecule has 1 rings (SSSR count). The van der Waals surface area contributed by atoms with Crippen LogP contribution < -0.4 is 17.0 Å². The normalized spacial score (nSPS) is 11.2. The number of hydrogen-bond acceptors (Lipinski definition) is 1. The van der Waals surface area contributed by atoms with Gasteiger partial charge in [0.1, 0.15) is 0 Å². The second-order valence-corrected chi connectivity index (χ2v) is 5.86. The molecule has 1 nitrogen and oxygen atoms in total. The molecule has 0 aromatic heterocycles. The van der Waals surface area contributed by atoms with Gasteiger partial charge in [-0.15, -0.1) is 0 Å². The van der Waals surface area contributed by atoms with E-state index in [1.165, 1.54) is 18.2 Å². The topological polar surface area (TPSA) is 17.1 Å². The van der Waals surface area contributed by atoms with Gasteiger partial charge in [-0.05, 0) is 17.0 Å². The van der Waals surface area contributed by atoms with Crippen molar-refractivity contribution in [2.24, 2.45) is 0 Å². The van der Waals surface area contributed by atoms with Crippen molar-refractivity contribution in [3.63, 3.8) is 0 Å². The van der Waals surface area contributed by atoms with E-state index < -0.39 is 17.5 Å². The minimum absolute atomic E-state index is 0. The summed E-state index contributed by atoms with van der Waals surface area (Å²) in [5.41, 5.74) is -1.07. The molecule has 0 aliphatic carbocycles. The summed E-state index contributed by atoms with van der Waals surface area (Å²) in [5, 5.41) is 0. The fraction of sp³-hybridized carbons (Fsp3) is 0.364. The third kappa shape index (κ3) is 4.71. The van der Waals surface area contributed by atoms with Crippen LogP contribution in [-0.2, 0) is 17.1 Å². The van der Waals surface area contributed by atoms with Crippen molar-refractivity contribution >= 4 is 16.7 Å². The van der Waals surface area contributed by atoms with Crippen molar-refractivity contribution in [3.05, 3.63) is 35.4 Å². The standard InChI is InChI=1S/C11H12F3OS.BrH/c1-16(2)7-10(15)8-5-3-4-6-9(8)11(12,13)14;/h3-6H,7H2,1-2H3;1H/q+1;/p-1. The molecule has 0 atom stereocenters. The predicted molar refractivity (Wildman–Crippen MR) is 59.9 cm³/mol. The minimum Gasteiger partial charge on any atom is -1.00 e. The van der Waals surface area contributed by atoms with Crippen LogP contribution in [0.15, 0.2) is 24.3 Å². The number of benzene rings is 1. The Morgan fingerprint density at radius 2 is 1.76 bits per heavy atom. The summed E-state index contributed by atoms with van der Waals surface area (Å²) in [7, 11) is -0.198. The Hall–Kier alpha value is -0.490. The first-order valence-electron chi connectivity index (χ1n) is 4.56. The quantitative estimate of drug-likeness (QED) is 0.553. The summed E-state index contributed by atoms with van der Waals surface area (Å²) in [5.74, 6) is -0.283. The van der Waals surface area contributed by atoms with Gasteiger partial charge in [0.15, 0.2) is 5.75 Å². The van der Waals surface area contributed by atoms with Crippen molar-refractivity contribution in [1.29, 1.82) is 0 Å². The molecule has 0 unspecified atom stereocenters. The molecule has 0 aliphatic heterocycles. The molecule has 0 aliphatic rings. The van der Waals surface area contributed by atoms with Gasteiger partial charge in [-0.2, -0.15) is 13.2 Å². The Balaban J connectivity index is 0.00000256. The molecule has 0 radical (unpaired) electrons. The minimum atomic E-state index is -4.47. The summed E-state index contributed by atoms with van der Waals surface area (Å²) < 4.78 is 37.8. The van der Waals surface area contributed by atoms with Crippen molar-refractivity contribution in [1.82, 2.24) is 0 Å². The Bertz CT molecular complexity index is 391. The van der Waals surface area contributed by atoms with E-state index in [4.69, 9.17) is 0 Å². The lowest BCUT2D eigenvalue weighted by Crippen LogP contribution is -3.00. The average molecular weight is 329 g/mol. The maximum absolute atomic E-state index is 12.6. The number of Topliss-reactive ketones (excluding diaryl/α,β-unsaturated/α-hetero) is 1. The first-order chi connectivity index (χ1) is 7.32. The van der Waals surface area contributed by atoms with Gasteiger partial charge in [-0.3, -0.25) is 4.79 Å². The Morgan fingerprint density at radius 1 is 1.24 bits per heavy atom. The van der Waals surface area contributed by atoms with Crippen LogP contribution in [0.5, 0.6) is 0 Å². The second-order valence-electron chi connectivity index (χ2n) is 3.60. The van der Waals surface area contributed by atoms with Crippen LogP contribution in [-0.4, -0.2) is 24.0 Å². The van der Waals surface area contributed by atoms with Gasteiger partial charge in [-0.1, -0.05) is 18.2 Å². The SMILES string of the molecule is C[S+](C)CC(=O)c1ccccc1C(F)(F)F.[Br-]. The molecule has 0 heterocycles. The maximum Gasteiger partial charge on any atom is 0.417 e. The summed E-state index contributed by atoms with van der Waals surface area (Å²) in [6.45, 7) is 0. The lowest BCUT2D eigenvalue weighted by atomic mass is 10.0. The Labute approximate surface area is 112 Å². The first kappa shape index (κ1) is 16.5. The zero-order valence-corrected chi connectivity index (χ0v) is 11.7. The monoisotopic (exact) mass is 328 g/mol. The first-order valence-corrected chi connectivity index (χ1v) is 6.77. The third-order valence-corrected chi connectivity index (χ3v) is 2.79. The second kappa shape index (κ2) is 6.44. The highest BCUT2D eigenvalue weighted by molar-refractivity contribution is 7.96. The molecule has 0 saturated heterocycles. The van der Waals surface area contributed by atoms with E-state index in [2.05, 4.69) is 0 Å². The Kier molecular flexibility index (Phi) is 6.26. The van der Waals surface area contributed by atoms with Gasteiger partial charge >= 0.3 is 6.18 Å². The molecule has 0 spiro atoms. The van der Waals surface area contributed by atoms with E-state index in [1.54, 1.807) is 0 Å². The lowest BCUT2D eigenvalue weighted by molar-refractivity contribution is -0.137. The van der Waals surface area contributed by atoms with Gasteiger partial charge in [0.05, 0.1) is 18.1 Å². The molecule has 96 valence electrons. The molecule has 0 amide bonds. The highest BCUT2D eigenvalue weighted by atomic mass is 79.9. The summed E-state index contributed by atoms with van der Waals surface area (Å²) in [6, 6.07) is 4.91. The number of ketones is 1. The van der Waals surface area contributed by atoms with Crippen LogP contribution in [0.4, 0.5) is 13.2 Å². The van der Waals surface area contributed by atoms with Crippen molar-refractivity contribution < 1.29 is 34.9 Å². The highest BCUT2D eigenvalue weighted by Gasteiger charge is 2.35. The number of carbonyl (C=O) groups excluding carboxylic acids is 1. The van der Waals surface area contributed by atoms with E-state index in [1.807, 2.05) is 12.5 Å². The van der Waals surface area contributed by atoms with Crippen LogP contribution in [0, 0.1) is 0 Å². The van der Waals surface area contributed by atoms with Crippen LogP contribution in [0.1, 0.15) is 15.9 Å². The van der Waals surface area contributed by atoms with Gasteiger partial charge in [0, 0.05) is 5.56 Å². The van der Waals surface area contributed by atoms with Crippen molar-refractivity contribution in [2.45, 2.75) is 6.18 Å². The van der Waals surface area contributed by atoms with Gasteiger partial charge in [0.25, 0.3) is 0 Å². The Morgan fingerprint density at radius 3 is 2.24 bits per heavy atom. The molecule has 1 aromatic rings. The summed E-state index contributed by atoms with van der Waals surface area (Å²) in [4.78, 5) is 11.6. The zero-order chi connectivity index (χ0) is 12.3. The fourth-order valence-electron chi connectivity index (χ4n) is 1.31. The van der Waals surface area contributed by atoms with Crippen LogP contribution >= 0.6 is 0 Å². The number of carbonyl (C=O) groups is 1. The van der Waals surface area contributed by atoms with E-state index in [9.17, 15) is 18.0 Å². The fourth-order valence-corrected chi connectivity index (χ4v) is 1.99. The van der Waals surface area contributed by atoms with Crippen LogP contribution in [0.3, 0.4) is 0 Å². The molecule has 17 heavy (non-hydrogen) atoms. The summed E-state index contributed by atoms with van der Waals surface area (Å²) in [6.07, 6.45) is -0.811. The summed E-state index contributed by atoms with van der Waals surface area (Å²) >= 11 is 0. The molecule has 6 heteroatoms. The maximum atomic E-state index is 12.6. The molecular weight excluding hydrogens is 317 g/mol. The molecule has 0 fully saturated rings. The lowest BCUT2D eigenvalue weighted by Gasteiger charge is -2.10. The number of halogens is 4. The predicted octanol–water partition coefficient (Wildman–Crippen LogP) is -0.230. The molecule has 1 aromatic carbocycles. The molecule has 0 bridgehead atoms. The van der Waals surface area contributed by atoms with Crippen LogP contribution in [0.25, 0.3) is 0 Å². The largest absolute Gasteiger partial charge is 1.00 e. The van der Waals surface area contributed by atoms with Gasteiger partial charge in [0.2, 0.25) is 5.78 Å². The smallest absolute Gasteiger partial charge is 0.417 e. The van der Waals surface area contributed by atoms with Crippen LogP contribution in [0.2, 0.25) is 0 Å². The van der Waals surface area contributed by atoms with E-state index in [-0.39, 0.29) is 39.2 Å². The molecule has 0 N–H and O–H groups in total. The van der Waals surface area contributed by atoms with Gasteiger partial charge in [-0.25, -0.2) is 0 Å². The van der Waals surface area contributed by atoms with E-state index in [0.717, 1.165) is 6.07 Å². The number of hydrogen-bond donors (Lipinski definition) is 0. The number of alkyl halides is 3. The molecule has 0 saturated carbocycles. The van der Waals surface area contributed by atoms with Crippen molar-refractivity contribution in [3.8, 4) is 0 Å². The van der Waals surface area contributed by atoms with E-state index in [0.29, 0.717) is 0 Å². The number of rotatable bonds is 3. The average Bonchev–Trinajstić information content (AvgIpc) is 2.15. The third-order valence-electron chi connectivity index (χ3n) is 1.95. The molecular formula is C11H12BrF3OS.